The van der Waals surface area contributed by atoms with E-state index in [0.29, 0.717) is 5.69 Å². The number of hydrogen-bond acceptors (Lipinski definition) is 3. The van der Waals surface area contributed by atoms with Gasteiger partial charge >= 0.3 is 0 Å². The van der Waals surface area contributed by atoms with E-state index in [1.807, 2.05) is 18.2 Å². The van der Waals surface area contributed by atoms with Crippen LogP contribution >= 0.6 is 0 Å². The summed E-state index contributed by atoms with van der Waals surface area (Å²) in [5.41, 5.74) is 2.87. The number of aryl methyl sites for hydroxylation is 1. The standard InChI is InChI=1S/C18H20N2O3S/c1-13(21)19-15-8-10-16(11-9-15)24(22,23)20(2)18-12-7-14-5-3-4-6-17(14)18/h3-6,8-11,18H,7,12H2,1-2H3,(H,19,21)/t18-/m1/s1. The molecule has 24 heavy (non-hydrogen) atoms. The maximum atomic E-state index is 12.9. The number of nitrogens with one attached hydrogen (secondary N) is 1. The lowest BCUT2D eigenvalue weighted by Gasteiger charge is -2.25. The molecule has 3 rings (SSSR count). The average Bonchev–Trinajstić information content (AvgIpc) is 2.98. The molecule has 1 N–H and O–H groups in total. The molecule has 0 aromatic heterocycles. The van der Waals surface area contributed by atoms with Crippen LogP contribution in [0.1, 0.15) is 30.5 Å². The highest BCUT2D eigenvalue weighted by atomic mass is 32.2. The molecule has 0 heterocycles. The van der Waals surface area contributed by atoms with Gasteiger partial charge in [-0.2, -0.15) is 4.31 Å². The van der Waals surface area contributed by atoms with Crippen LogP contribution in [0.2, 0.25) is 0 Å². The lowest BCUT2D eigenvalue weighted by molar-refractivity contribution is -0.114. The fourth-order valence-corrected chi connectivity index (χ4v) is 4.53. The summed E-state index contributed by atoms with van der Waals surface area (Å²) in [5, 5.41) is 2.63. The van der Waals surface area contributed by atoms with E-state index < -0.39 is 10.0 Å². The van der Waals surface area contributed by atoms with Crippen molar-refractivity contribution in [2.45, 2.75) is 30.7 Å². The number of rotatable bonds is 4. The van der Waals surface area contributed by atoms with Gasteiger partial charge in [-0.25, -0.2) is 8.42 Å². The molecule has 0 spiro atoms. The lowest BCUT2D eigenvalue weighted by Crippen LogP contribution is -2.30. The van der Waals surface area contributed by atoms with Crippen molar-refractivity contribution < 1.29 is 13.2 Å². The third kappa shape index (κ3) is 3.07. The van der Waals surface area contributed by atoms with Gasteiger partial charge in [0, 0.05) is 19.7 Å². The molecule has 1 atom stereocenters. The molecule has 2 aromatic carbocycles. The van der Waals surface area contributed by atoms with Crippen LogP contribution in [-0.2, 0) is 21.2 Å². The van der Waals surface area contributed by atoms with Gasteiger partial charge in [-0.05, 0) is 48.2 Å². The zero-order valence-corrected chi connectivity index (χ0v) is 14.5. The predicted octanol–water partition coefficient (Wildman–Crippen LogP) is 2.95. The van der Waals surface area contributed by atoms with Gasteiger partial charge in [0.05, 0.1) is 10.9 Å². The topological polar surface area (TPSA) is 66.5 Å². The molecule has 0 saturated carbocycles. The first-order chi connectivity index (χ1) is 11.4. The van der Waals surface area contributed by atoms with E-state index in [0.717, 1.165) is 18.4 Å². The zero-order valence-electron chi connectivity index (χ0n) is 13.7. The smallest absolute Gasteiger partial charge is 0.243 e. The Kier molecular flexibility index (Phi) is 4.43. The molecule has 1 aliphatic carbocycles. The van der Waals surface area contributed by atoms with Crippen molar-refractivity contribution in [2.24, 2.45) is 0 Å². The Morgan fingerprint density at radius 1 is 1.12 bits per heavy atom. The van der Waals surface area contributed by atoms with Crippen LogP contribution in [0.5, 0.6) is 0 Å². The Balaban J connectivity index is 1.86. The maximum Gasteiger partial charge on any atom is 0.243 e. The highest BCUT2D eigenvalue weighted by Gasteiger charge is 2.33. The molecular weight excluding hydrogens is 324 g/mol. The second-order valence-electron chi connectivity index (χ2n) is 5.98. The van der Waals surface area contributed by atoms with E-state index in [-0.39, 0.29) is 16.8 Å². The average molecular weight is 344 g/mol. The third-order valence-corrected chi connectivity index (χ3v) is 6.27. The Morgan fingerprint density at radius 2 is 1.79 bits per heavy atom. The fraction of sp³-hybridized carbons (Fsp3) is 0.278. The van der Waals surface area contributed by atoms with Crippen molar-refractivity contribution in [3.63, 3.8) is 0 Å². The van der Waals surface area contributed by atoms with Crippen LogP contribution in [0.25, 0.3) is 0 Å². The monoisotopic (exact) mass is 344 g/mol. The molecule has 0 radical (unpaired) electrons. The van der Waals surface area contributed by atoms with Crippen molar-refractivity contribution in [1.29, 1.82) is 0 Å². The van der Waals surface area contributed by atoms with Gasteiger partial charge in [-0.15, -0.1) is 0 Å². The van der Waals surface area contributed by atoms with E-state index >= 15 is 0 Å². The van der Waals surface area contributed by atoms with Crippen LogP contribution in [0.3, 0.4) is 0 Å². The normalized spacial score (nSPS) is 16.9. The third-order valence-electron chi connectivity index (χ3n) is 4.39. The Hall–Kier alpha value is -2.18. The first-order valence-electron chi connectivity index (χ1n) is 7.83. The van der Waals surface area contributed by atoms with E-state index in [1.54, 1.807) is 19.2 Å². The number of fused-ring (bicyclic) bond motifs is 1. The maximum absolute atomic E-state index is 12.9. The number of carbonyl (C=O) groups is 1. The van der Waals surface area contributed by atoms with Crippen LogP contribution in [0.4, 0.5) is 5.69 Å². The molecule has 2 aromatic rings. The molecule has 0 saturated heterocycles. The van der Waals surface area contributed by atoms with Crippen molar-refractivity contribution in [2.75, 3.05) is 12.4 Å². The van der Waals surface area contributed by atoms with Crippen LogP contribution in [0, 0.1) is 0 Å². The number of hydrogen-bond donors (Lipinski definition) is 1. The summed E-state index contributed by atoms with van der Waals surface area (Å²) in [7, 11) is -1.96. The van der Waals surface area contributed by atoms with Crippen LogP contribution in [-0.4, -0.2) is 25.7 Å². The first-order valence-corrected chi connectivity index (χ1v) is 9.27. The highest BCUT2D eigenvalue weighted by Crippen LogP contribution is 2.37. The molecule has 0 bridgehead atoms. The molecule has 126 valence electrons. The number of anilines is 1. The summed E-state index contributed by atoms with van der Waals surface area (Å²) in [6.07, 6.45) is 1.68. The Labute approximate surface area is 142 Å². The van der Waals surface area contributed by atoms with Gasteiger partial charge in [-0.1, -0.05) is 24.3 Å². The minimum atomic E-state index is -3.59. The van der Waals surface area contributed by atoms with Gasteiger partial charge in [0.25, 0.3) is 0 Å². The lowest BCUT2D eigenvalue weighted by atomic mass is 10.1. The van der Waals surface area contributed by atoms with E-state index in [1.165, 1.54) is 28.9 Å². The molecule has 5 nitrogen and oxygen atoms in total. The second kappa shape index (κ2) is 6.37. The quantitative estimate of drug-likeness (QED) is 0.927. The van der Waals surface area contributed by atoms with Crippen molar-refractivity contribution in [3.05, 3.63) is 59.7 Å². The molecule has 1 amide bonds. The van der Waals surface area contributed by atoms with Gasteiger partial charge < -0.3 is 5.32 Å². The van der Waals surface area contributed by atoms with Gasteiger partial charge in [0.2, 0.25) is 15.9 Å². The predicted molar refractivity (Wildman–Crippen MR) is 93.2 cm³/mol. The Morgan fingerprint density at radius 3 is 2.46 bits per heavy atom. The molecule has 0 aliphatic heterocycles. The van der Waals surface area contributed by atoms with Gasteiger partial charge in [0.15, 0.2) is 0 Å². The summed E-state index contributed by atoms with van der Waals surface area (Å²) >= 11 is 0. The van der Waals surface area contributed by atoms with E-state index in [4.69, 9.17) is 0 Å². The summed E-state index contributed by atoms with van der Waals surface area (Å²) in [6.45, 7) is 1.41. The second-order valence-corrected chi connectivity index (χ2v) is 7.98. The molecule has 1 aliphatic rings. The number of carbonyl (C=O) groups excluding carboxylic acids is 1. The molecule has 0 unspecified atom stereocenters. The minimum Gasteiger partial charge on any atom is -0.326 e. The summed E-state index contributed by atoms with van der Waals surface area (Å²) in [6, 6.07) is 14.1. The van der Waals surface area contributed by atoms with Gasteiger partial charge in [-0.3, -0.25) is 4.79 Å². The summed E-state index contributed by atoms with van der Waals surface area (Å²) in [5.74, 6) is -0.190. The minimum absolute atomic E-state index is 0.138. The molecule has 6 heteroatoms. The van der Waals surface area contributed by atoms with Crippen LogP contribution in [0.15, 0.2) is 53.4 Å². The summed E-state index contributed by atoms with van der Waals surface area (Å²) < 4.78 is 27.3. The van der Waals surface area contributed by atoms with Crippen LogP contribution < -0.4 is 5.32 Å². The van der Waals surface area contributed by atoms with Crippen molar-refractivity contribution in [1.82, 2.24) is 4.31 Å². The Bertz CT molecular complexity index is 860. The number of sulfonamides is 1. The van der Waals surface area contributed by atoms with Crippen molar-refractivity contribution >= 4 is 21.6 Å². The summed E-state index contributed by atoms with van der Waals surface area (Å²) in [4.78, 5) is 11.3. The first kappa shape index (κ1) is 16.7. The van der Waals surface area contributed by atoms with Gasteiger partial charge in [0.1, 0.15) is 0 Å². The number of benzene rings is 2. The van der Waals surface area contributed by atoms with E-state index in [2.05, 4.69) is 11.4 Å². The fourth-order valence-electron chi connectivity index (χ4n) is 3.16. The number of nitrogens with zero attached hydrogens (tertiary/aromatic N) is 1. The SMILES string of the molecule is CC(=O)Nc1ccc(S(=O)(=O)N(C)[C@@H]2CCc3ccccc32)cc1. The number of amides is 1. The highest BCUT2D eigenvalue weighted by molar-refractivity contribution is 7.89. The molecule has 0 fully saturated rings. The zero-order chi connectivity index (χ0) is 17.3. The van der Waals surface area contributed by atoms with E-state index in [9.17, 15) is 13.2 Å². The largest absolute Gasteiger partial charge is 0.326 e. The van der Waals surface area contributed by atoms with Crippen molar-refractivity contribution in [3.8, 4) is 0 Å². The molecular formula is C18H20N2O3S.